The highest BCUT2D eigenvalue weighted by molar-refractivity contribution is 6.31. The highest BCUT2D eigenvalue weighted by Gasteiger charge is 2.32. The van der Waals surface area contributed by atoms with Crippen LogP contribution in [-0.4, -0.2) is 37.6 Å². The van der Waals surface area contributed by atoms with Crippen LogP contribution in [0.2, 0.25) is 5.02 Å². The quantitative estimate of drug-likeness (QED) is 0.459. The molecule has 42 heavy (non-hydrogen) atoms. The van der Waals surface area contributed by atoms with E-state index in [9.17, 15) is 14.0 Å². The first-order chi connectivity index (χ1) is 20.0. The van der Waals surface area contributed by atoms with Gasteiger partial charge in [0.15, 0.2) is 11.7 Å². The summed E-state index contributed by atoms with van der Waals surface area (Å²) >= 11 is 6.66. The minimum absolute atomic E-state index is 0.0372. The molecule has 1 N–H and O–H groups in total. The lowest BCUT2D eigenvalue weighted by Gasteiger charge is -2.29. The van der Waals surface area contributed by atoms with Crippen molar-refractivity contribution in [3.8, 4) is 5.75 Å². The Morgan fingerprint density at radius 3 is 2.79 bits per heavy atom. The van der Waals surface area contributed by atoms with Crippen LogP contribution >= 0.6 is 11.6 Å². The van der Waals surface area contributed by atoms with E-state index in [1.807, 2.05) is 6.07 Å². The number of aromatic nitrogens is 4. The highest BCUT2D eigenvalue weighted by atomic mass is 35.5. The first-order valence-corrected chi connectivity index (χ1v) is 14.5. The summed E-state index contributed by atoms with van der Waals surface area (Å²) in [7, 11) is 0. The number of dihydropyridines is 1. The fourth-order valence-corrected chi connectivity index (χ4v) is 6.33. The lowest BCUT2D eigenvalue weighted by Crippen LogP contribution is -2.40. The van der Waals surface area contributed by atoms with Crippen molar-refractivity contribution in [3.63, 3.8) is 0 Å². The van der Waals surface area contributed by atoms with Gasteiger partial charge in [-0.15, -0.1) is 0 Å². The number of halogens is 3. The second kappa shape index (κ2) is 10.8. The van der Waals surface area contributed by atoms with Crippen LogP contribution in [0.5, 0.6) is 5.75 Å². The number of rotatable bonds is 4. The Balaban J connectivity index is 1.37. The molecule has 0 spiro atoms. The van der Waals surface area contributed by atoms with E-state index in [0.29, 0.717) is 37.3 Å². The molecule has 0 aromatic carbocycles. The van der Waals surface area contributed by atoms with Gasteiger partial charge in [0.2, 0.25) is 5.91 Å². The third kappa shape index (κ3) is 5.14. The van der Waals surface area contributed by atoms with Crippen molar-refractivity contribution in [3.05, 3.63) is 80.3 Å². The SMILES string of the molecule is CC(=O)NC(C)(C)c1nn(C2=NC[C@@H]3CCCCc4cc(OC5CCc6cc(F)cnc65)c(Cl)c(=O)n4C3=C2)cc1F. The van der Waals surface area contributed by atoms with Gasteiger partial charge in [-0.05, 0) is 57.6 Å². The number of hydrogen-bond acceptors (Lipinski definition) is 6. The summed E-state index contributed by atoms with van der Waals surface area (Å²) in [5.74, 6) is -0.663. The van der Waals surface area contributed by atoms with Crippen molar-refractivity contribution in [1.82, 2.24) is 24.6 Å². The number of ether oxygens (including phenoxy) is 1. The van der Waals surface area contributed by atoms with Crippen molar-refractivity contribution in [1.29, 1.82) is 0 Å². The zero-order chi connectivity index (χ0) is 29.8. The monoisotopic (exact) mass is 596 g/mol. The van der Waals surface area contributed by atoms with Crippen LogP contribution in [0.1, 0.15) is 75.2 Å². The van der Waals surface area contributed by atoms with Crippen LogP contribution in [0.4, 0.5) is 8.78 Å². The van der Waals surface area contributed by atoms with Gasteiger partial charge in [0.1, 0.15) is 28.4 Å². The number of aliphatic imine (C=N–C) groups is 1. The summed E-state index contributed by atoms with van der Waals surface area (Å²) in [5.41, 5.74) is 1.54. The fourth-order valence-electron chi connectivity index (χ4n) is 6.15. The summed E-state index contributed by atoms with van der Waals surface area (Å²) in [6.45, 7) is 5.11. The van der Waals surface area contributed by atoms with E-state index in [0.717, 1.165) is 36.2 Å². The number of fused-ring (bicyclic) bond motifs is 4. The Morgan fingerprint density at radius 1 is 1.19 bits per heavy atom. The Kier molecular flexibility index (Phi) is 7.24. The van der Waals surface area contributed by atoms with Crippen LogP contribution in [0.15, 0.2) is 40.4 Å². The van der Waals surface area contributed by atoms with Gasteiger partial charge >= 0.3 is 0 Å². The molecule has 2 aliphatic heterocycles. The van der Waals surface area contributed by atoms with Crippen LogP contribution in [0, 0.1) is 17.6 Å². The van der Waals surface area contributed by atoms with Crippen molar-refractivity contribution >= 4 is 29.0 Å². The average molecular weight is 597 g/mol. The van der Waals surface area contributed by atoms with Crippen LogP contribution in [0.3, 0.4) is 0 Å². The average Bonchev–Trinajstić information content (AvgIpc) is 3.51. The lowest BCUT2D eigenvalue weighted by molar-refractivity contribution is -0.120. The number of amides is 1. The number of pyridine rings is 2. The predicted molar refractivity (Wildman–Crippen MR) is 154 cm³/mol. The molecule has 220 valence electrons. The topological polar surface area (TPSA) is 103 Å². The van der Waals surface area contributed by atoms with Gasteiger partial charge < -0.3 is 10.1 Å². The van der Waals surface area contributed by atoms with Gasteiger partial charge in [0.25, 0.3) is 5.56 Å². The standard InChI is InChI=1S/C30H31ClF2N6O3/c1-16(40)36-30(2,3)28-21(33)15-38(37-28)25-12-22-18(13-34-25)6-4-5-7-20-11-24(26(31)29(41)39(20)22)42-23-9-8-17-10-19(32)14-35-27(17)23/h10-12,14-15,18,23H,4-9,13H2,1-3H3,(H,36,40)/t18-,23?/m0/s1. The number of carbonyl (C=O) groups excluding carboxylic acids is 1. The second-order valence-electron chi connectivity index (χ2n) is 11.6. The summed E-state index contributed by atoms with van der Waals surface area (Å²) in [6.07, 6.45) is 8.24. The molecule has 1 aliphatic carbocycles. The van der Waals surface area contributed by atoms with Gasteiger partial charge in [0.05, 0.1) is 23.6 Å². The number of hydrogen-bond donors (Lipinski definition) is 1. The predicted octanol–water partition coefficient (Wildman–Crippen LogP) is 4.95. The molecule has 0 bridgehead atoms. The molecule has 3 aromatic rings. The smallest absolute Gasteiger partial charge is 0.277 e. The Labute approximate surface area is 246 Å². The van der Waals surface area contributed by atoms with Gasteiger partial charge in [-0.1, -0.05) is 18.0 Å². The maximum atomic E-state index is 15.0. The minimum Gasteiger partial charge on any atom is -0.482 e. The molecular weight excluding hydrogens is 566 g/mol. The van der Waals surface area contributed by atoms with Gasteiger partial charge in [-0.2, -0.15) is 5.10 Å². The first kappa shape index (κ1) is 28.3. The van der Waals surface area contributed by atoms with E-state index in [4.69, 9.17) is 16.3 Å². The zero-order valence-corrected chi connectivity index (χ0v) is 24.3. The van der Waals surface area contributed by atoms with E-state index in [1.165, 1.54) is 30.1 Å². The van der Waals surface area contributed by atoms with E-state index in [1.54, 1.807) is 24.5 Å². The number of aryl methyl sites for hydroxylation is 2. The molecule has 0 saturated heterocycles. The molecule has 5 heterocycles. The molecule has 3 aromatic heterocycles. The summed E-state index contributed by atoms with van der Waals surface area (Å²) < 4.78 is 37.9. The van der Waals surface area contributed by atoms with Crippen LogP contribution < -0.4 is 15.6 Å². The normalized spacial score (nSPS) is 20.0. The second-order valence-corrected chi connectivity index (χ2v) is 12.0. The van der Waals surface area contributed by atoms with Gasteiger partial charge in [-0.3, -0.25) is 24.1 Å². The number of nitrogens with one attached hydrogen (secondary N) is 1. The van der Waals surface area contributed by atoms with Gasteiger partial charge in [-0.25, -0.2) is 13.5 Å². The zero-order valence-electron chi connectivity index (χ0n) is 23.6. The molecule has 2 atom stereocenters. The molecule has 3 aliphatic rings. The third-order valence-corrected chi connectivity index (χ3v) is 8.41. The van der Waals surface area contributed by atoms with Crippen LogP contribution in [-0.2, 0) is 23.2 Å². The number of allylic oxidation sites excluding steroid dienone is 1. The lowest BCUT2D eigenvalue weighted by atomic mass is 9.92. The Bertz CT molecular complexity index is 1710. The molecular formula is C30H31ClF2N6O3. The number of nitrogens with zero attached hydrogens (tertiary/aromatic N) is 5. The molecule has 12 heteroatoms. The molecule has 9 nitrogen and oxygen atoms in total. The van der Waals surface area contributed by atoms with E-state index in [2.05, 4.69) is 20.4 Å². The van der Waals surface area contributed by atoms with Crippen molar-refractivity contribution < 1.29 is 18.3 Å². The molecule has 1 unspecified atom stereocenters. The summed E-state index contributed by atoms with van der Waals surface area (Å²) in [6, 6.07) is 3.27. The summed E-state index contributed by atoms with van der Waals surface area (Å²) in [5, 5.41) is 7.08. The van der Waals surface area contributed by atoms with E-state index < -0.39 is 28.8 Å². The van der Waals surface area contributed by atoms with Crippen LogP contribution in [0.25, 0.3) is 5.70 Å². The Hall–Kier alpha value is -3.86. The Morgan fingerprint density at radius 2 is 2.00 bits per heavy atom. The van der Waals surface area contributed by atoms with E-state index in [-0.39, 0.29) is 28.3 Å². The van der Waals surface area contributed by atoms with Gasteiger partial charge in [0, 0.05) is 42.9 Å². The minimum atomic E-state index is -1.04. The fraction of sp³-hybridized carbons (Fsp3) is 0.433. The molecule has 1 amide bonds. The maximum Gasteiger partial charge on any atom is 0.277 e. The maximum absolute atomic E-state index is 15.0. The van der Waals surface area contributed by atoms with Crippen molar-refractivity contribution in [2.24, 2.45) is 10.9 Å². The number of carbonyl (C=O) groups is 1. The van der Waals surface area contributed by atoms with Crippen molar-refractivity contribution in [2.45, 2.75) is 70.9 Å². The van der Waals surface area contributed by atoms with E-state index >= 15 is 4.39 Å². The molecule has 0 radical (unpaired) electrons. The largest absolute Gasteiger partial charge is 0.482 e. The van der Waals surface area contributed by atoms with Crippen molar-refractivity contribution in [2.75, 3.05) is 6.54 Å². The molecule has 0 fully saturated rings. The summed E-state index contributed by atoms with van der Waals surface area (Å²) in [4.78, 5) is 34.4. The molecule has 6 rings (SSSR count). The first-order valence-electron chi connectivity index (χ1n) is 14.1. The third-order valence-electron chi connectivity index (χ3n) is 8.06. The highest BCUT2D eigenvalue weighted by Crippen LogP contribution is 2.38. The molecule has 0 saturated carbocycles.